The molecule has 6 aromatic rings. The minimum Gasteiger partial charge on any atom is -0.494 e. The SMILES string of the molecule is C=CC(=O)OCCCCCCOc1ccc(C(=O)Oc2ccc(OC(=O)c3ccc(OCCCCCCOC(=O)C=C)cc3)c(C(=O)OCCCCCCOc3ccc4cc(C#Cc5ccc(OCCCCCCCC)cc5)ccc4c3)c2)cc1. The van der Waals surface area contributed by atoms with Crippen molar-refractivity contribution in [3.05, 3.63) is 181 Å². The number of unbranched alkanes of at least 4 members (excludes halogenated alkanes) is 14. The van der Waals surface area contributed by atoms with Crippen molar-refractivity contribution in [2.24, 2.45) is 0 Å². The van der Waals surface area contributed by atoms with Crippen LogP contribution in [0.15, 0.2) is 153 Å². The molecule has 6 aromatic carbocycles. The van der Waals surface area contributed by atoms with Gasteiger partial charge in [-0.3, -0.25) is 0 Å². The van der Waals surface area contributed by atoms with E-state index in [1.165, 1.54) is 50.3 Å². The third-order valence-corrected chi connectivity index (χ3v) is 13.5. The summed E-state index contributed by atoms with van der Waals surface area (Å²) in [5.74, 6) is 6.31. The molecule has 0 amide bonds. The summed E-state index contributed by atoms with van der Waals surface area (Å²) in [6, 6.07) is 37.3. The van der Waals surface area contributed by atoms with Gasteiger partial charge in [-0.05, 0) is 210 Å². The monoisotopic (exact) mass is 1160 g/mol. The number of esters is 5. The van der Waals surface area contributed by atoms with E-state index in [0.717, 1.165) is 129 Å². The minimum atomic E-state index is -0.756. The summed E-state index contributed by atoms with van der Waals surface area (Å²) < 4.78 is 50.9. The van der Waals surface area contributed by atoms with Gasteiger partial charge in [-0.2, -0.15) is 0 Å². The van der Waals surface area contributed by atoms with Gasteiger partial charge in [0.2, 0.25) is 0 Å². The zero-order valence-electron chi connectivity index (χ0n) is 49.1. The van der Waals surface area contributed by atoms with Gasteiger partial charge in [0.1, 0.15) is 40.1 Å². The lowest BCUT2D eigenvalue weighted by Gasteiger charge is -2.13. The molecule has 0 unspecified atom stereocenters. The van der Waals surface area contributed by atoms with Gasteiger partial charge in [-0.15, -0.1) is 0 Å². The third-order valence-electron chi connectivity index (χ3n) is 13.5. The third kappa shape index (κ3) is 24.9. The molecule has 85 heavy (non-hydrogen) atoms. The molecule has 0 radical (unpaired) electrons. The summed E-state index contributed by atoms with van der Waals surface area (Å²) in [5, 5.41) is 2.13. The number of hydrogen-bond donors (Lipinski definition) is 0. The van der Waals surface area contributed by atoms with Crippen LogP contribution in [0.25, 0.3) is 10.8 Å². The van der Waals surface area contributed by atoms with E-state index in [-0.39, 0.29) is 34.8 Å². The maximum absolute atomic E-state index is 13.7. The zero-order valence-corrected chi connectivity index (χ0v) is 49.1. The van der Waals surface area contributed by atoms with Gasteiger partial charge < -0.3 is 42.6 Å². The molecule has 6 rings (SSSR count). The quantitative estimate of drug-likeness (QED) is 0.00892. The Labute approximate surface area is 500 Å². The topological polar surface area (TPSA) is 168 Å². The van der Waals surface area contributed by atoms with Gasteiger partial charge in [-0.1, -0.05) is 76.2 Å². The maximum Gasteiger partial charge on any atom is 0.343 e. The molecule has 0 atom stereocenters. The smallest absolute Gasteiger partial charge is 0.343 e. The molecule has 0 aliphatic carbocycles. The second kappa shape index (κ2) is 38.1. The largest absolute Gasteiger partial charge is 0.494 e. The molecule has 14 heteroatoms. The van der Waals surface area contributed by atoms with Gasteiger partial charge in [0.05, 0.1) is 57.4 Å². The summed E-state index contributed by atoms with van der Waals surface area (Å²) in [4.78, 5) is 62.9. The van der Waals surface area contributed by atoms with E-state index in [0.29, 0.717) is 51.0 Å². The van der Waals surface area contributed by atoms with E-state index in [9.17, 15) is 24.0 Å². The average molecular weight is 1160 g/mol. The van der Waals surface area contributed by atoms with E-state index in [1.807, 2.05) is 48.5 Å². The van der Waals surface area contributed by atoms with Gasteiger partial charge >= 0.3 is 29.8 Å². The van der Waals surface area contributed by atoms with Gasteiger partial charge in [0, 0.05) is 23.3 Å². The molecule has 0 aliphatic rings. The fourth-order valence-electron chi connectivity index (χ4n) is 8.71. The minimum absolute atomic E-state index is 0.0388. The van der Waals surface area contributed by atoms with E-state index >= 15 is 0 Å². The van der Waals surface area contributed by atoms with E-state index < -0.39 is 29.8 Å². The predicted molar refractivity (Wildman–Crippen MR) is 329 cm³/mol. The molecule has 0 aliphatic heterocycles. The Morgan fingerprint density at radius 2 is 0.753 bits per heavy atom. The number of benzene rings is 6. The number of carbonyl (C=O) groups is 5. The van der Waals surface area contributed by atoms with Crippen LogP contribution in [0.2, 0.25) is 0 Å². The van der Waals surface area contributed by atoms with E-state index in [1.54, 1.807) is 48.5 Å². The van der Waals surface area contributed by atoms with Crippen molar-refractivity contribution in [1.82, 2.24) is 0 Å². The second-order valence-electron chi connectivity index (χ2n) is 20.3. The summed E-state index contributed by atoms with van der Waals surface area (Å²) in [6.07, 6.45) is 19.3. The first-order valence-corrected chi connectivity index (χ1v) is 29.8. The molecule has 0 aromatic heterocycles. The van der Waals surface area contributed by atoms with Crippen LogP contribution in [0.3, 0.4) is 0 Å². The number of ether oxygens (including phenoxy) is 9. The first-order valence-electron chi connectivity index (χ1n) is 29.8. The fraction of sp³-hybridized carbons (Fsp3) is 0.366. The molecule has 448 valence electrons. The van der Waals surface area contributed by atoms with Crippen molar-refractivity contribution < 1.29 is 66.6 Å². The Hall–Kier alpha value is -8.83. The molecule has 0 spiro atoms. The molecular formula is C71H80O14. The predicted octanol–water partition coefficient (Wildman–Crippen LogP) is 15.6. The van der Waals surface area contributed by atoms with E-state index in [4.69, 9.17) is 42.6 Å². The lowest BCUT2D eigenvalue weighted by molar-refractivity contribution is -0.138. The number of rotatable bonds is 39. The van der Waals surface area contributed by atoms with Crippen molar-refractivity contribution >= 4 is 40.6 Å². The molecule has 0 bridgehead atoms. The first-order chi connectivity index (χ1) is 41.6. The first kappa shape index (κ1) is 65.3. The Balaban J connectivity index is 0.953. The molecule has 0 heterocycles. The number of carbonyl (C=O) groups excluding carboxylic acids is 5. The number of fused-ring (bicyclic) bond motifs is 1. The van der Waals surface area contributed by atoms with Crippen LogP contribution in [0.1, 0.15) is 165 Å². The Kier molecular flexibility index (Phi) is 29.3. The summed E-state index contributed by atoms with van der Waals surface area (Å²) in [6.45, 7) is 12.0. The van der Waals surface area contributed by atoms with Crippen molar-refractivity contribution in [3.63, 3.8) is 0 Å². The molecular weight excluding hydrogens is 1080 g/mol. The number of hydrogen-bond acceptors (Lipinski definition) is 14. The van der Waals surface area contributed by atoms with Crippen LogP contribution in [0, 0.1) is 11.8 Å². The highest BCUT2D eigenvalue weighted by atomic mass is 16.6. The summed E-state index contributed by atoms with van der Waals surface area (Å²) in [5.41, 5.74) is 2.22. The molecule has 0 saturated heterocycles. The molecule has 0 fully saturated rings. The van der Waals surface area contributed by atoms with Crippen LogP contribution in [0.5, 0.6) is 34.5 Å². The lowest BCUT2D eigenvalue weighted by atomic mass is 10.1. The van der Waals surface area contributed by atoms with Crippen LogP contribution in [-0.2, 0) is 23.8 Å². The van der Waals surface area contributed by atoms with Crippen molar-refractivity contribution in [3.8, 4) is 46.3 Å². The molecule has 0 N–H and O–H groups in total. The second-order valence-corrected chi connectivity index (χ2v) is 20.3. The van der Waals surface area contributed by atoms with Crippen molar-refractivity contribution in [1.29, 1.82) is 0 Å². The van der Waals surface area contributed by atoms with E-state index in [2.05, 4.69) is 44.1 Å². The highest BCUT2D eigenvalue weighted by molar-refractivity contribution is 5.97. The van der Waals surface area contributed by atoms with Crippen LogP contribution < -0.4 is 28.4 Å². The molecule has 14 nitrogen and oxygen atoms in total. The summed E-state index contributed by atoms with van der Waals surface area (Å²) >= 11 is 0. The Morgan fingerprint density at radius 1 is 0.365 bits per heavy atom. The van der Waals surface area contributed by atoms with Gasteiger partial charge in [-0.25, -0.2) is 24.0 Å². The Bertz CT molecular complexity index is 3120. The maximum atomic E-state index is 13.7. The van der Waals surface area contributed by atoms with Gasteiger partial charge in [0.15, 0.2) is 0 Å². The normalized spacial score (nSPS) is 10.6. The Morgan fingerprint density at radius 3 is 1.27 bits per heavy atom. The van der Waals surface area contributed by atoms with Gasteiger partial charge in [0.25, 0.3) is 0 Å². The lowest BCUT2D eigenvalue weighted by Crippen LogP contribution is -2.15. The fourth-order valence-corrected chi connectivity index (χ4v) is 8.71. The standard InChI is InChI=1S/C71H80O14/c1-4-7-8-9-10-17-44-77-60-35-27-54(28-36-60)24-25-55-26-29-59-52-63(41-34-58(59)51-55)80-47-20-13-16-23-50-83-71(76)65-53-64(84-69(74)56-30-37-61(38-31-56)78-45-18-11-14-21-48-81-67(72)5-2)42-43-66(65)85-70(75)57-32-39-62(40-33-57)79-46-19-12-15-22-49-82-68(73)6-3/h5-6,26-43,51-53H,2-4,7-23,44-50H2,1H3. The highest BCUT2D eigenvalue weighted by Gasteiger charge is 2.21. The van der Waals surface area contributed by atoms with Crippen LogP contribution >= 0.6 is 0 Å². The van der Waals surface area contributed by atoms with Crippen LogP contribution in [0.4, 0.5) is 0 Å². The van der Waals surface area contributed by atoms with Crippen molar-refractivity contribution in [2.45, 2.75) is 122 Å². The summed E-state index contributed by atoms with van der Waals surface area (Å²) in [7, 11) is 0. The average Bonchev–Trinajstić information content (AvgIpc) is 3.72. The highest BCUT2D eigenvalue weighted by Crippen LogP contribution is 2.29. The van der Waals surface area contributed by atoms with Crippen molar-refractivity contribution in [2.75, 3.05) is 46.2 Å². The zero-order chi connectivity index (χ0) is 60.1. The van der Waals surface area contributed by atoms with Crippen LogP contribution in [-0.4, -0.2) is 76.1 Å². The molecule has 0 saturated carbocycles.